The van der Waals surface area contributed by atoms with E-state index < -0.39 is 0 Å². The summed E-state index contributed by atoms with van der Waals surface area (Å²) in [5.41, 5.74) is 1.68. The maximum Gasteiger partial charge on any atom is 0.273 e. The van der Waals surface area contributed by atoms with Crippen molar-refractivity contribution in [3.63, 3.8) is 0 Å². The zero-order valence-corrected chi connectivity index (χ0v) is 13.5. The second kappa shape index (κ2) is 7.91. The van der Waals surface area contributed by atoms with Gasteiger partial charge in [-0.2, -0.15) is 0 Å². The Morgan fingerprint density at radius 2 is 2.05 bits per heavy atom. The van der Waals surface area contributed by atoms with E-state index >= 15 is 0 Å². The van der Waals surface area contributed by atoms with Crippen LogP contribution in [0.2, 0.25) is 5.02 Å². The normalized spacial score (nSPS) is 10.7. The van der Waals surface area contributed by atoms with E-state index in [1.54, 1.807) is 17.7 Å². The van der Waals surface area contributed by atoms with Crippen LogP contribution in [0.3, 0.4) is 0 Å². The third-order valence-corrected chi connectivity index (χ3v) is 3.52. The average molecular weight is 322 g/mol. The molecule has 0 aliphatic heterocycles. The van der Waals surface area contributed by atoms with E-state index in [9.17, 15) is 4.79 Å². The van der Waals surface area contributed by atoms with E-state index in [-0.39, 0.29) is 5.91 Å². The highest BCUT2D eigenvalue weighted by Gasteiger charge is 2.17. The first kappa shape index (κ1) is 16.5. The molecule has 118 valence electrons. The largest absolute Gasteiger partial charge is 0.349 e. The van der Waals surface area contributed by atoms with Crippen molar-refractivity contribution < 1.29 is 4.79 Å². The average Bonchev–Trinajstić information content (AvgIpc) is 2.89. The summed E-state index contributed by atoms with van der Waals surface area (Å²) in [4.78, 5) is 12.1. The van der Waals surface area contributed by atoms with Gasteiger partial charge < -0.3 is 10.6 Å². The van der Waals surface area contributed by atoms with Gasteiger partial charge in [-0.25, -0.2) is 4.68 Å². The third-order valence-electron chi connectivity index (χ3n) is 3.20. The van der Waals surface area contributed by atoms with Crippen molar-refractivity contribution in [2.75, 3.05) is 19.6 Å². The summed E-state index contributed by atoms with van der Waals surface area (Å²) in [6.45, 7) is 6.13. The summed E-state index contributed by atoms with van der Waals surface area (Å²) in [5, 5.41) is 14.6. The Morgan fingerprint density at radius 3 is 2.77 bits per heavy atom. The molecule has 6 nitrogen and oxygen atoms in total. The maximum absolute atomic E-state index is 12.1. The fourth-order valence-electron chi connectivity index (χ4n) is 2.04. The van der Waals surface area contributed by atoms with Crippen LogP contribution in [-0.2, 0) is 0 Å². The van der Waals surface area contributed by atoms with Gasteiger partial charge in [-0.1, -0.05) is 35.9 Å². The quantitative estimate of drug-likeness (QED) is 0.765. The van der Waals surface area contributed by atoms with Crippen LogP contribution >= 0.6 is 11.6 Å². The Morgan fingerprint density at radius 1 is 1.27 bits per heavy atom. The Hall–Kier alpha value is -1.92. The SMILES string of the molecule is CCCNCCNC(=O)c1nnn(-c2ccccc2Cl)c1C. The second-order valence-electron chi connectivity index (χ2n) is 4.89. The van der Waals surface area contributed by atoms with E-state index in [2.05, 4.69) is 27.9 Å². The smallest absolute Gasteiger partial charge is 0.273 e. The highest BCUT2D eigenvalue weighted by Crippen LogP contribution is 2.20. The highest BCUT2D eigenvalue weighted by atomic mass is 35.5. The summed E-state index contributed by atoms with van der Waals surface area (Å²) in [7, 11) is 0. The Labute approximate surface area is 134 Å². The van der Waals surface area contributed by atoms with Crippen molar-refractivity contribution in [1.82, 2.24) is 25.6 Å². The lowest BCUT2D eigenvalue weighted by Gasteiger charge is -2.06. The van der Waals surface area contributed by atoms with Gasteiger partial charge in [0.1, 0.15) is 0 Å². The fraction of sp³-hybridized carbons (Fsp3) is 0.400. The summed E-state index contributed by atoms with van der Waals surface area (Å²) in [6, 6.07) is 7.31. The van der Waals surface area contributed by atoms with E-state index in [0.29, 0.717) is 28.6 Å². The first-order valence-corrected chi connectivity index (χ1v) is 7.69. The van der Waals surface area contributed by atoms with Crippen molar-refractivity contribution in [2.45, 2.75) is 20.3 Å². The number of hydrogen-bond acceptors (Lipinski definition) is 4. The molecular formula is C15H20ClN5O. The standard InChI is InChI=1S/C15H20ClN5O/c1-3-8-17-9-10-18-15(22)14-11(2)21(20-19-14)13-7-5-4-6-12(13)16/h4-7,17H,3,8-10H2,1-2H3,(H,18,22). The molecule has 0 bridgehead atoms. The molecule has 0 saturated carbocycles. The minimum atomic E-state index is -0.228. The number of halogens is 1. The highest BCUT2D eigenvalue weighted by molar-refractivity contribution is 6.32. The molecule has 0 fully saturated rings. The molecule has 2 rings (SSSR count). The number of carbonyl (C=O) groups is 1. The summed E-state index contributed by atoms with van der Waals surface area (Å²) in [5.74, 6) is -0.228. The summed E-state index contributed by atoms with van der Waals surface area (Å²) >= 11 is 6.15. The van der Waals surface area contributed by atoms with Gasteiger partial charge in [0.05, 0.1) is 16.4 Å². The molecule has 22 heavy (non-hydrogen) atoms. The third kappa shape index (κ3) is 3.84. The predicted molar refractivity (Wildman–Crippen MR) is 86.6 cm³/mol. The van der Waals surface area contributed by atoms with Crippen LogP contribution in [0.4, 0.5) is 0 Å². The molecule has 1 amide bonds. The van der Waals surface area contributed by atoms with Crippen LogP contribution in [0.1, 0.15) is 29.5 Å². The van der Waals surface area contributed by atoms with E-state index in [1.807, 2.05) is 18.2 Å². The van der Waals surface area contributed by atoms with Crippen LogP contribution in [0.5, 0.6) is 0 Å². The van der Waals surface area contributed by atoms with Crippen LogP contribution in [-0.4, -0.2) is 40.5 Å². The lowest BCUT2D eigenvalue weighted by Crippen LogP contribution is -2.32. The number of nitrogens with one attached hydrogen (secondary N) is 2. The van der Waals surface area contributed by atoms with Gasteiger partial charge in [0.25, 0.3) is 5.91 Å². The molecule has 0 saturated heterocycles. The van der Waals surface area contributed by atoms with Crippen molar-refractivity contribution in [3.8, 4) is 5.69 Å². The molecule has 0 atom stereocenters. The first-order chi connectivity index (χ1) is 10.6. The van der Waals surface area contributed by atoms with Crippen LogP contribution < -0.4 is 10.6 Å². The number of rotatable bonds is 7. The van der Waals surface area contributed by atoms with Gasteiger partial charge >= 0.3 is 0 Å². The molecular weight excluding hydrogens is 302 g/mol. The van der Waals surface area contributed by atoms with Gasteiger partial charge in [0.2, 0.25) is 0 Å². The topological polar surface area (TPSA) is 71.8 Å². The summed E-state index contributed by atoms with van der Waals surface area (Å²) in [6.07, 6.45) is 1.07. The molecule has 7 heteroatoms. The zero-order valence-electron chi connectivity index (χ0n) is 12.8. The maximum atomic E-state index is 12.1. The number of benzene rings is 1. The number of carbonyl (C=O) groups excluding carboxylic acids is 1. The lowest BCUT2D eigenvalue weighted by molar-refractivity contribution is 0.0948. The van der Waals surface area contributed by atoms with Gasteiger partial charge in [-0.15, -0.1) is 5.10 Å². The van der Waals surface area contributed by atoms with Crippen molar-refractivity contribution in [3.05, 3.63) is 40.7 Å². The molecule has 2 N–H and O–H groups in total. The number of aromatic nitrogens is 3. The van der Waals surface area contributed by atoms with Crippen molar-refractivity contribution in [2.24, 2.45) is 0 Å². The molecule has 0 aliphatic rings. The number of amides is 1. The van der Waals surface area contributed by atoms with Gasteiger partial charge in [0.15, 0.2) is 5.69 Å². The monoisotopic (exact) mass is 321 g/mol. The number of hydrogen-bond donors (Lipinski definition) is 2. The molecule has 0 radical (unpaired) electrons. The van der Waals surface area contributed by atoms with Crippen molar-refractivity contribution >= 4 is 17.5 Å². The van der Waals surface area contributed by atoms with E-state index in [0.717, 1.165) is 19.5 Å². The molecule has 0 aliphatic carbocycles. The van der Waals surface area contributed by atoms with E-state index in [1.165, 1.54) is 0 Å². The Kier molecular flexibility index (Phi) is 5.91. The predicted octanol–water partition coefficient (Wildman–Crippen LogP) is 1.96. The number of para-hydroxylation sites is 1. The van der Waals surface area contributed by atoms with Crippen molar-refractivity contribution in [1.29, 1.82) is 0 Å². The zero-order chi connectivity index (χ0) is 15.9. The minimum Gasteiger partial charge on any atom is -0.349 e. The van der Waals surface area contributed by atoms with Crippen LogP contribution in [0, 0.1) is 6.92 Å². The Balaban J connectivity index is 2.05. The van der Waals surface area contributed by atoms with E-state index in [4.69, 9.17) is 11.6 Å². The molecule has 1 heterocycles. The van der Waals surface area contributed by atoms with Gasteiger partial charge in [-0.05, 0) is 32.0 Å². The first-order valence-electron chi connectivity index (χ1n) is 7.31. The molecule has 1 aromatic carbocycles. The van der Waals surface area contributed by atoms with Crippen LogP contribution in [0.25, 0.3) is 5.69 Å². The fourth-order valence-corrected chi connectivity index (χ4v) is 2.26. The lowest BCUT2D eigenvalue weighted by atomic mass is 10.3. The molecule has 1 aromatic heterocycles. The van der Waals surface area contributed by atoms with Crippen LogP contribution in [0.15, 0.2) is 24.3 Å². The summed E-state index contributed by atoms with van der Waals surface area (Å²) < 4.78 is 1.58. The minimum absolute atomic E-state index is 0.228. The van der Waals surface area contributed by atoms with Gasteiger partial charge in [0, 0.05) is 13.1 Å². The molecule has 2 aromatic rings. The van der Waals surface area contributed by atoms with Gasteiger partial charge in [-0.3, -0.25) is 4.79 Å². The molecule has 0 spiro atoms. The second-order valence-corrected chi connectivity index (χ2v) is 5.30. The molecule has 0 unspecified atom stereocenters. The number of nitrogens with zero attached hydrogens (tertiary/aromatic N) is 3. The Bertz CT molecular complexity index is 641.